The molecule has 1 aliphatic heterocycles. The number of rotatable bonds is 5. The Kier molecular flexibility index (Phi) is 5.11. The highest BCUT2D eigenvalue weighted by Crippen LogP contribution is 2.42. The number of nitrogens with one attached hydrogen (secondary N) is 1. The Bertz CT molecular complexity index is 884. The minimum Gasteiger partial charge on any atom is -0.411 e. The van der Waals surface area contributed by atoms with Gasteiger partial charge in [0.2, 0.25) is 5.91 Å². The topological polar surface area (TPSA) is 151 Å². The highest BCUT2D eigenvalue weighted by molar-refractivity contribution is 6.06. The summed E-state index contributed by atoms with van der Waals surface area (Å²) in [6, 6.07) is 0. The molecule has 4 N–H and O–H groups in total. The Morgan fingerprint density at radius 2 is 2.30 bits per heavy atom. The normalized spacial score (nSPS) is 28.3. The summed E-state index contributed by atoms with van der Waals surface area (Å²) >= 11 is 0. The van der Waals surface area contributed by atoms with E-state index in [9.17, 15) is 15.0 Å². The quantitative estimate of drug-likeness (QED) is 0.318. The first-order valence-electron chi connectivity index (χ1n) is 8.17. The lowest BCUT2D eigenvalue weighted by Crippen LogP contribution is -2.46. The number of carbonyl (C=O) groups excluding carboxylic acids is 1. The van der Waals surface area contributed by atoms with Crippen molar-refractivity contribution >= 4 is 29.0 Å². The van der Waals surface area contributed by atoms with E-state index in [0.717, 1.165) is 0 Å². The molecule has 11 nitrogen and oxygen atoms in total. The maximum Gasteiger partial charge on any atom is 0.222 e. The average Bonchev–Trinajstić information content (AvgIpc) is 3.12. The molecule has 0 aliphatic carbocycles. The molecule has 1 aliphatic rings. The van der Waals surface area contributed by atoms with Crippen LogP contribution in [-0.4, -0.2) is 73.6 Å². The Balaban J connectivity index is 2.22. The minimum absolute atomic E-state index is 0.234. The summed E-state index contributed by atoms with van der Waals surface area (Å²) in [6.07, 6.45) is 1.22. The summed E-state index contributed by atoms with van der Waals surface area (Å²) in [4.78, 5) is 19.8. The highest BCUT2D eigenvalue weighted by atomic mass is 16.6. The van der Waals surface area contributed by atoms with Gasteiger partial charge in [-0.1, -0.05) is 5.16 Å². The van der Waals surface area contributed by atoms with Crippen molar-refractivity contribution in [3.8, 4) is 0 Å². The van der Waals surface area contributed by atoms with Gasteiger partial charge >= 0.3 is 0 Å². The zero-order chi connectivity index (χ0) is 19.8. The molecule has 3 heterocycles. The van der Waals surface area contributed by atoms with Gasteiger partial charge in [-0.25, -0.2) is 9.97 Å². The Morgan fingerprint density at radius 3 is 2.89 bits per heavy atom. The van der Waals surface area contributed by atoms with Crippen molar-refractivity contribution in [1.82, 2.24) is 14.5 Å². The number of anilines is 1. The number of amides is 1. The first-order valence-corrected chi connectivity index (χ1v) is 8.17. The van der Waals surface area contributed by atoms with Crippen molar-refractivity contribution in [3.63, 3.8) is 0 Å². The number of carbonyl (C=O) groups is 1. The second-order valence-electron chi connectivity index (χ2n) is 6.38. The molecule has 1 fully saturated rings. The van der Waals surface area contributed by atoms with Crippen LogP contribution in [0, 0.1) is 0 Å². The fourth-order valence-corrected chi connectivity index (χ4v) is 3.31. The maximum atomic E-state index is 11.5. The van der Waals surface area contributed by atoms with Crippen LogP contribution in [0.3, 0.4) is 0 Å². The molecule has 0 radical (unpaired) electrons. The summed E-state index contributed by atoms with van der Waals surface area (Å²) in [5, 5.41) is 35.1. The number of aromatic nitrogens is 3. The van der Waals surface area contributed by atoms with Crippen molar-refractivity contribution < 1.29 is 29.7 Å². The lowest BCUT2D eigenvalue weighted by atomic mass is 9.96. The van der Waals surface area contributed by atoms with Crippen LogP contribution in [0.15, 0.2) is 17.7 Å². The molecule has 2 aromatic rings. The highest BCUT2D eigenvalue weighted by Gasteiger charge is 2.54. The number of ether oxygens (including phenoxy) is 2. The second-order valence-corrected chi connectivity index (χ2v) is 6.38. The van der Waals surface area contributed by atoms with Gasteiger partial charge in [0.15, 0.2) is 6.23 Å². The van der Waals surface area contributed by atoms with Gasteiger partial charge in [-0.3, -0.25) is 4.79 Å². The molecular weight excluding hydrogens is 358 g/mol. The summed E-state index contributed by atoms with van der Waals surface area (Å²) in [6.45, 7) is 2.60. The molecule has 0 saturated carbocycles. The third-order valence-electron chi connectivity index (χ3n) is 4.74. The van der Waals surface area contributed by atoms with Crippen molar-refractivity contribution in [3.05, 3.63) is 18.1 Å². The number of fused-ring (bicyclic) bond motifs is 1. The van der Waals surface area contributed by atoms with Crippen LogP contribution >= 0.6 is 0 Å². The molecular formula is C16H21N5O6. The van der Waals surface area contributed by atoms with E-state index in [1.165, 1.54) is 26.6 Å². The zero-order valence-electron chi connectivity index (χ0n) is 15.0. The van der Waals surface area contributed by atoms with E-state index >= 15 is 0 Å². The van der Waals surface area contributed by atoms with Gasteiger partial charge in [-0.2, -0.15) is 0 Å². The molecule has 146 valence electrons. The average molecular weight is 379 g/mol. The zero-order valence-corrected chi connectivity index (χ0v) is 15.0. The first kappa shape index (κ1) is 19.2. The van der Waals surface area contributed by atoms with Crippen LogP contribution in [0.4, 0.5) is 5.82 Å². The van der Waals surface area contributed by atoms with Gasteiger partial charge in [0.05, 0.1) is 18.2 Å². The summed E-state index contributed by atoms with van der Waals surface area (Å²) < 4.78 is 12.9. The SMILES string of the molecule is CO[C@]1(C)C(O)C(CO)O[C@H]1n1cc(C=NO)c2c(NC(C)=O)ncnc21. The van der Waals surface area contributed by atoms with E-state index in [0.29, 0.717) is 16.6 Å². The third kappa shape index (κ3) is 3.04. The van der Waals surface area contributed by atoms with Crippen LogP contribution in [0.5, 0.6) is 0 Å². The number of aliphatic hydroxyl groups excluding tert-OH is 2. The van der Waals surface area contributed by atoms with E-state index in [1.54, 1.807) is 17.7 Å². The number of aliphatic hydroxyl groups is 2. The molecule has 1 saturated heterocycles. The van der Waals surface area contributed by atoms with Gasteiger partial charge in [0, 0.05) is 25.8 Å². The summed E-state index contributed by atoms with van der Waals surface area (Å²) in [5.74, 6) is -0.0956. The molecule has 2 aromatic heterocycles. The van der Waals surface area contributed by atoms with Crippen LogP contribution in [0.2, 0.25) is 0 Å². The fraction of sp³-hybridized carbons (Fsp3) is 0.500. The summed E-state index contributed by atoms with van der Waals surface area (Å²) in [5.41, 5.74) is -0.407. The van der Waals surface area contributed by atoms with Gasteiger partial charge in [0.1, 0.15) is 35.6 Å². The molecule has 0 bridgehead atoms. The number of oxime groups is 1. The standard InChI is InChI=1S/C16H21N5O6/c1-8(23)20-13-11-9(4-19-25)5-21(14(11)18-7-17-13)15-16(2,26-3)12(24)10(6-22)27-15/h4-5,7,10,12,15,22,24-25H,6H2,1-3H3,(H,17,18,20,23)/t10?,12?,15-,16-/m1/s1. The molecule has 3 rings (SSSR count). The second kappa shape index (κ2) is 7.19. The number of nitrogens with zero attached hydrogens (tertiary/aromatic N) is 4. The number of hydrogen-bond acceptors (Lipinski definition) is 9. The van der Waals surface area contributed by atoms with Crippen LogP contribution in [0.25, 0.3) is 11.0 Å². The largest absolute Gasteiger partial charge is 0.411 e. The minimum atomic E-state index is -1.19. The third-order valence-corrected chi connectivity index (χ3v) is 4.74. The van der Waals surface area contributed by atoms with E-state index in [-0.39, 0.29) is 11.7 Å². The Hall–Kier alpha value is -2.60. The van der Waals surface area contributed by atoms with Crippen molar-refractivity contribution in [1.29, 1.82) is 0 Å². The lowest BCUT2D eigenvalue weighted by molar-refractivity contribution is -0.118. The molecule has 11 heteroatoms. The first-order chi connectivity index (χ1) is 12.9. The molecule has 4 atom stereocenters. The molecule has 1 amide bonds. The molecule has 0 aromatic carbocycles. The summed E-state index contributed by atoms with van der Waals surface area (Å²) in [7, 11) is 1.43. The molecule has 0 spiro atoms. The van der Waals surface area contributed by atoms with Crippen LogP contribution < -0.4 is 5.32 Å². The van der Waals surface area contributed by atoms with Crippen LogP contribution in [0.1, 0.15) is 25.6 Å². The van der Waals surface area contributed by atoms with E-state index < -0.39 is 30.6 Å². The Morgan fingerprint density at radius 1 is 1.56 bits per heavy atom. The van der Waals surface area contributed by atoms with Gasteiger partial charge < -0.3 is 34.8 Å². The van der Waals surface area contributed by atoms with E-state index in [4.69, 9.17) is 14.7 Å². The van der Waals surface area contributed by atoms with Crippen molar-refractivity contribution in [2.24, 2.45) is 5.16 Å². The Labute approximate surface area is 154 Å². The van der Waals surface area contributed by atoms with Gasteiger partial charge in [-0.05, 0) is 6.92 Å². The van der Waals surface area contributed by atoms with Gasteiger partial charge in [0.25, 0.3) is 0 Å². The molecule has 2 unspecified atom stereocenters. The monoisotopic (exact) mass is 379 g/mol. The smallest absolute Gasteiger partial charge is 0.222 e. The van der Waals surface area contributed by atoms with Crippen LogP contribution in [-0.2, 0) is 14.3 Å². The van der Waals surface area contributed by atoms with E-state index in [1.807, 2.05) is 0 Å². The fourth-order valence-electron chi connectivity index (χ4n) is 3.31. The predicted molar refractivity (Wildman–Crippen MR) is 93.6 cm³/mol. The van der Waals surface area contributed by atoms with Crippen molar-refractivity contribution in [2.45, 2.75) is 37.9 Å². The number of hydrogen-bond donors (Lipinski definition) is 4. The van der Waals surface area contributed by atoms with Gasteiger partial charge in [-0.15, -0.1) is 0 Å². The molecule has 27 heavy (non-hydrogen) atoms. The lowest BCUT2D eigenvalue weighted by Gasteiger charge is -2.31. The van der Waals surface area contributed by atoms with E-state index in [2.05, 4.69) is 20.4 Å². The maximum absolute atomic E-state index is 11.5. The van der Waals surface area contributed by atoms with Crippen molar-refractivity contribution in [2.75, 3.05) is 19.0 Å². The number of methoxy groups -OCH3 is 1. The predicted octanol–water partition coefficient (Wildman–Crippen LogP) is -0.147.